The van der Waals surface area contributed by atoms with Crippen LogP contribution in [0.5, 0.6) is 0 Å². The molecular formula is C54H30O. The third-order valence-electron chi connectivity index (χ3n) is 11.5. The maximum absolute atomic E-state index is 9.90. The summed E-state index contributed by atoms with van der Waals surface area (Å²) >= 11 is 0. The highest BCUT2D eigenvalue weighted by molar-refractivity contribution is 6.27. The third kappa shape index (κ3) is 4.13. The first-order valence-corrected chi connectivity index (χ1v) is 18.3. The molecule has 0 saturated heterocycles. The Morgan fingerprint density at radius 2 is 0.800 bits per heavy atom. The Balaban J connectivity index is 1.15. The lowest BCUT2D eigenvalue weighted by Crippen LogP contribution is -1.91. The SMILES string of the molecule is [2H]c1c(-c2cc(-c3ccc4ccc5cccc6ccc3c4c56)cc(-c3ccc4ccc5cccc6ccc3c4c56)c2)c([2H])c2c(oc3c([2H])c4c([2H])c([2H])c([2H])c([2H])c4c([2H])c32)c1[2H]. The molecule has 0 radical (unpaired) electrons. The van der Waals surface area contributed by atoms with Crippen molar-refractivity contribution in [1.29, 1.82) is 0 Å². The first-order valence-electron chi connectivity index (χ1n) is 22.8. The van der Waals surface area contributed by atoms with Crippen molar-refractivity contribution in [2.24, 2.45) is 0 Å². The van der Waals surface area contributed by atoms with Crippen LogP contribution in [0.4, 0.5) is 0 Å². The highest BCUT2D eigenvalue weighted by atomic mass is 16.3. The number of hydrogen-bond acceptors (Lipinski definition) is 1. The van der Waals surface area contributed by atoms with E-state index in [9.17, 15) is 5.48 Å². The lowest BCUT2D eigenvalue weighted by Gasteiger charge is -2.18. The molecule has 0 atom stereocenters. The highest BCUT2D eigenvalue weighted by Gasteiger charge is 2.18. The van der Waals surface area contributed by atoms with Gasteiger partial charge in [0.2, 0.25) is 0 Å². The van der Waals surface area contributed by atoms with Crippen molar-refractivity contribution in [2.45, 2.75) is 0 Å². The molecule has 1 heterocycles. The molecule has 0 aliphatic carbocycles. The molecule has 12 aromatic carbocycles. The van der Waals surface area contributed by atoms with Gasteiger partial charge in [0.25, 0.3) is 0 Å². The summed E-state index contributed by atoms with van der Waals surface area (Å²) < 4.78 is 87.4. The van der Waals surface area contributed by atoms with Crippen molar-refractivity contribution in [3.63, 3.8) is 0 Å². The molecule has 1 nitrogen and oxygen atoms in total. The predicted molar refractivity (Wildman–Crippen MR) is 235 cm³/mol. The van der Waals surface area contributed by atoms with Gasteiger partial charge >= 0.3 is 0 Å². The summed E-state index contributed by atoms with van der Waals surface area (Å²) in [6, 6.07) is 41.0. The number of fused-ring (bicyclic) bond motifs is 4. The number of furan rings is 1. The van der Waals surface area contributed by atoms with Crippen LogP contribution in [0.3, 0.4) is 0 Å². The molecule has 0 bridgehead atoms. The Labute approximate surface area is 328 Å². The molecule has 0 aliphatic rings. The van der Waals surface area contributed by atoms with Crippen molar-refractivity contribution in [1.82, 2.24) is 0 Å². The molecule has 1 heteroatoms. The minimum atomic E-state index is -0.540. The van der Waals surface area contributed by atoms with Gasteiger partial charge in [-0.25, -0.2) is 0 Å². The molecule has 0 aliphatic heterocycles. The Morgan fingerprint density at radius 3 is 1.38 bits per heavy atom. The summed E-state index contributed by atoms with van der Waals surface area (Å²) in [6.45, 7) is 0. The lowest BCUT2D eigenvalue weighted by molar-refractivity contribution is 0.669. The monoisotopic (exact) mass is 703 g/mol. The Hall–Kier alpha value is -7.22. The van der Waals surface area contributed by atoms with Gasteiger partial charge in [0.1, 0.15) is 11.2 Å². The quantitative estimate of drug-likeness (QED) is 0.167. The zero-order valence-electron chi connectivity index (χ0n) is 38.0. The minimum Gasteiger partial charge on any atom is -0.456 e. The van der Waals surface area contributed by atoms with E-state index in [0.29, 0.717) is 5.56 Å². The molecule has 0 amide bonds. The maximum Gasteiger partial charge on any atom is 0.136 e. The maximum atomic E-state index is 9.90. The molecule has 13 aromatic rings. The Kier molecular flexibility index (Phi) is 4.29. The first kappa shape index (κ1) is 22.1. The number of hydrogen-bond donors (Lipinski definition) is 0. The van der Waals surface area contributed by atoms with Crippen molar-refractivity contribution < 1.29 is 16.8 Å². The van der Waals surface area contributed by atoms with Crippen LogP contribution in [-0.2, 0) is 0 Å². The van der Waals surface area contributed by atoms with Crippen LogP contribution in [0.25, 0.3) is 131 Å². The van der Waals surface area contributed by atoms with E-state index in [4.69, 9.17) is 11.3 Å². The van der Waals surface area contributed by atoms with Crippen LogP contribution in [-0.4, -0.2) is 0 Å². The van der Waals surface area contributed by atoms with Gasteiger partial charge in [-0.15, -0.1) is 0 Å². The molecule has 0 unspecified atom stereocenters. The average Bonchev–Trinajstić information content (AvgIpc) is 3.74. The number of rotatable bonds is 3. The van der Waals surface area contributed by atoms with Gasteiger partial charge in [0, 0.05) is 10.8 Å². The predicted octanol–water partition coefficient (Wildman–Crippen LogP) is 15.5. The molecule has 0 saturated carbocycles. The average molecular weight is 704 g/mol. The van der Waals surface area contributed by atoms with Gasteiger partial charge in [0.05, 0.1) is 12.3 Å². The standard InChI is InChI=1S/C54H30O/c1-2-6-38-30-50-48(28-37(38)5-1)47-29-39(19-24-49(47)55-50)40-25-41(43-20-15-35-13-11-31-7-3-9-33-17-22-45(43)53(35)51(31)33)27-42(26-40)44-21-16-36-14-12-32-8-4-10-34-18-23-46(44)54(36)52(32)34/h1-30H/i1D,2D,5D,6D,19D,24D,28D,29D,30D. The van der Waals surface area contributed by atoms with Crippen molar-refractivity contribution in [3.05, 3.63) is 182 Å². The van der Waals surface area contributed by atoms with E-state index in [1.165, 1.54) is 10.8 Å². The van der Waals surface area contributed by atoms with Gasteiger partial charge < -0.3 is 4.42 Å². The van der Waals surface area contributed by atoms with E-state index in [1.54, 1.807) is 0 Å². The zero-order chi connectivity index (χ0) is 43.6. The smallest absolute Gasteiger partial charge is 0.136 e. The molecule has 0 N–H and O–H groups in total. The summed E-state index contributed by atoms with van der Waals surface area (Å²) in [5.41, 5.74) is 3.91. The fraction of sp³-hybridized carbons (Fsp3) is 0. The van der Waals surface area contributed by atoms with E-state index in [0.717, 1.165) is 76.1 Å². The van der Waals surface area contributed by atoms with E-state index >= 15 is 0 Å². The molecular weight excluding hydrogens is 665 g/mol. The van der Waals surface area contributed by atoms with Crippen LogP contribution in [0.15, 0.2) is 186 Å². The van der Waals surface area contributed by atoms with Gasteiger partial charge in [-0.1, -0.05) is 139 Å². The topological polar surface area (TPSA) is 13.1 Å². The molecule has 55 heavy (non-hydrogen) atoms. The van der Waals surface area contributed by atoms with Gasteiger partial charge in [-0.05, 0) is 151 Å². The summed E-state index contributed by atoms with van der Waals surface area (Å²) in [7, 11) is 0. The number of benzene rings is 12. The minimum absolute atomic E-state index is 0.00721. The summed E-state index contributed by atoms with van der Waals surface area (Å²) in [6.07, 6.45) is 0. The molecule has 1 aromatic heterocycles. The lowest BCUT2D eigenvalue weighted by atomic mass is 9.86. The summed E-state index contributed by atoms with van der Waals surface area (Å²) in [5.74, 6) is 0. The van der Waals surface area contributed by atoms with Gasteiger partial charge in [0.15, 0.2) is 0 Å². The summed E-state index contributed by atoms with van der Waals surface area (Å²) in [5, 5.41) is 13.2. The fourth-order valence-electron chi connectivity index (χ4n) is 9.06. The molecule has 0 spiro atoms. The van der Waals surface area contributed by atoms with Gasteiger partial charge in [-0.3, -0.25) is 0 Å². The van der Waals surface area contributed by atoms with E-state index in [-0.39, 0.29) is 68.5 Å². The van der Waals surface area contributed by atoms with Crippen LogP contribution >= 0.6 is 0 Å². The molecule has 252 valence electrons. The van der Waals surface area contributed by atoms with Crippen LogP contribution in [0, 0.1) is 0 Å². The highest BCUT2D eigenvalue weighted by Crippen LogP contribution is 2.45. The van der Waals surface area contributed by atoms with E-state index in [1.807, 2.05) is 12.1 Å². The van der Waals surface area contributed by atoms with Crippen molar-refractivity contribution in [2.75, 3.05) is 0 Å². The van der Waals surface area contributed by atoms with E-state index < -0.39 is 24.2 Å². The normalized spacial score (nSPS) is 14.7. The third-order valence-corrected chi connectivity index (χ3v) is 11.5. The van der Waals surface area contributed by atoms with E-state index in [2.05, 4.69) is 115 Å². The Bertz CT molecular complexity index is 4050. The second-order valence-electron chi connectivity index (χ2n) is 14.5. The second kappa shape index (κ2) is 10.7. The fourth-order valence-corrected chi connectivity index (χ4v) is 9.06. The van der Waals surface area contributed by atoms with Crippen molar-refractivity contribution >= 4 is 97.3 Å². The van der Waals surface area contributed by atoms with Crippen LogP contribution < -0.4 is 0 Å². The zero-order valence-corrected chi connectivity index (χ0v) is 29.0. The first-order chi connectivity index (χ1) is 31.0. The van der Waals surface area contributed by atoms with Gasteiger partial charge in [-0.2, -0.15) is 0 Å². The molecule has 0 fully saturated rings. The van der Waals surface area contributed by atoms with Crippen molar-refractivity contribution in [3.8, 4) is 33.4 Å². The second-order valence-corrected chi connectivity index (χ2v) is 14.5. The van der Waals surface area contributed by atoms with Crippen LogP contribution in [0.1, 0.15) is 12.3 Å². The summed E-state index contributed by atoms with van der Waals surface area (Å²) in [4.78, 5) is 0. The van der Waals surface area contributed by atoms with Crippen LogP contribution in [0.2, 0.25) is 0 Å². The Morgan fingerprint density at radius 1 is 0.327 bits per heavy atom. The molecule has 13 rings (SSSR count). The largest absolute Gasteiger partial charge is 0.456 e.